The zero-order chi connectivity index (χ0) is 9.52. The molecule has 1 heterocycles. The highest BCUT2D eigenvalue weighted by molar-refractivity contribution is 5.14. The molecule has 0 radical (unpaired) electrons. The van der Waals surface area contributed by atoms with Crippen molar-refractivity contribution in [1.82, 2.24) is 4.98 Å². The molecular weight excluding hydrogens is 158 g/mol. The SMILES string of the molecule is CCCCC(CC)c1cccnc1. The van der Waals surface area contributed by atoms with Gasteiger partial charge in [0.25, 0.3) is 0 Å². The van der Waals surface area contributed by atoms with Gasteiger partial charge >= 0.3 is 0 Å². The minimum absolute atomic E-state index is 0.716. The smallest absolute Gasteiger partial charge is 0.0302 e. The number of rotatable bonds is 5. The third-order valence-electron chi connectivity index (χ3n) is 2.55. The maximum Gasteiger partial charge on any atom is 0.0302 e. The summed E-state index contributed by atoms with van der Waals surface area (Å²) in [6.07, 6.45) is 8.99. The molecule has 1 heteroatoms. The first kappa shape index (κ1) is 10.2. The van der Waals surface area contributed by atoms with Gasteiger partial charge in [0.05, 0.1) is 0 Å². The van der Waals surface area contributed by atoms with E-state index in [0.29, 0.717) is 5.92 Å². The van der Waals surface area contributed by atoms with Crippen LogP contribution < -0.4 is 0 Å². The molecule has 0 spiro atoms. The van der Waals surface area contributed by atoms with Crippen molar-refractivity contribution in [3.05, 3.63) is 30.1 Å². The van der Waals surface area contributed by atoms with Crippen LogP contribution in [0, 0.1) is 0 Å². The lowest BCUT2D eigenvalue weighted by molar-refractivity contribution is 0.568. The standard InChI is InChI=1S/C12H19N/c1-3-5-7-11(4-2)12-8-6-9-13-10-12/h6,8-11H,3-5,7H2,1-2H3. The molecule has 1 rings (SSSR count). The van der Waals surface area contributed by atoms with Crippen molar-refractivity contribution in [2.24, 2.45) is 0 Å². The van der Waals surface area contributed by atoms with E-state index in [2.05, 4.69) is 24.9 Å². The lowest BCUT2D eigenvalue weighted by Crippen LogP contribution is -1.97. The minimum atomic E-state index is 0.716. The first-order valence-electron chi connectivity index (χ1n) is 5.28. The molecule has 0 aromatic carbocycles. The second kappa shape index (κ2) is 5.74. The van der Waals surface area contributed by atoms with Gasteiger partial charge in [-0.2, -0.15) is 0 Å². The summed E-state index contributed by atoms with van der Waals surface area (Å²) in [5.41, 5.74) is 1.40. The van der Waals surface area contributed by atoms with Crippen LogP contribution in [0.4, 0.5) is 0 Å². The van der Waals surface area contributed by atoms with E-state index >= 15 is 0 Å². The van der Waals surface area contributed by atoms with E-state index in [0.717, 1.165) is 0 Å². The molecule has 0 amide bonds. The predicted molar refractivity (Wildman–Crippen MR) is 56.8 cm³/mol. The van der Waals surface area contributed by atoms with Crippen molar-refractivity contribution in [1.29, 1.82) is 0 Å². The Labute approximate surface area is 81.2 Å². The Kier molecular flexibility index (Phi) is 4.52. The van der Waals surface area contributed by atoms with Gasteiger partial charge in [-0.25, -0.2) is 0 Å². The predicted octanol–water partition coefficient (Wildman–Crippen LogP) is 3.77. The number of hydrogen-bond acceptors (Lipinski definition) is 1. The summed E-state index contributed by atoms with van der Waals surface area (Å²) in [6, 6.07) is 4.22. The molecule has 0 aliphatic rings. The first-order valence-corrected chi connectivity index (χ1v) is 5.28. The molecule has 1 unspecified atom stereocenters. The molecule has 0 saturated heterocycles. The second-order valence-corrected chi connectivity index (χ2v) is 3.53. The van der Waals surface area contributed by atoms with E-state index in [-0.39, 0.29) is 0 Å². The van der Waals surface area contributed by atoms with Gasteiger partial charge in [-0.3, -0.25) is 4.98 Å². The molecule has 1 atom stereocenters. The lowest BCUT2D eigenvalue weighted by Gasteiger charge is -2.13. The molecule has 0 bridgehead atoms. The summed E-state index contributed by atoms with van der Waals surface area (Å²) in [5.74, 6) is 0.716. The molecule has 0 aliphatic heterocycles. The summed E-state index contributed by atoms with van der Waals surface area (Å²) in [7, 11) is 0. The second-order valence-electron chi connectivity index (χ2n) is 3.53. The fourth-order valence-corrected chi connectivity index (χ4v) is 1.67. The minimum Gasteiger partial charge on any atom is -0.264 e. The monoisotopic (exact) mass is 177 g/mol. The Balaban J connectivity index is 2.56. The molecule has 1 aromatic heterocycles. The van der Waals surface area contributed by atoms with Gasteiger partial charge in [0, 0.05) is 12.4 Å². The fourth-order valence-electron chi connectivity index (χ4n) is 1.67. The van der Waals surface area contributed by atoms with Crippen LogP contribution in [-0.2, 0) is 0 Å². The topological polar surface area (TPSA) is 12.9 Å². The van der Waals surface area contributed by atoms with Gasteiger partial charge in [-0.1, -0.05) is 32.8 Å². The highest BCUT2D eigenvalue weighted by Gasteiger charge is 2.07. The zero-order valence-electron chi connectivity index (χ0n) is 8.66. The van der Waals surface area contributed by atoms with Crippen molar-refractivity contribution < 1.29 is 0 Å². The number of unbranched alkanes of at least 4 members (excludes halogenated alkanes) is 1. The molecular formula is C12H19N. The number of hydrogen-bond donors (Lipinski definition) is 0. The zero-order valence-corrected chi connectivity index (χ0v) is 8.66. The van der Waals surface area contributed by atoms with Gasteiger partial charge < -0.3 is 0 Å². The number of pyridine rings is 1. The molecule has 13 heavy (non-hydrogen) atoms. The van der Waals surface area contributed by atoms with Gasteiger partial charge in [-0.05, 0) is 30.4 Å². The number of aromatic nitrogens is 1. The van der Waals surface area contributed by atoms with Crippen LogP contribution in [0.15, 0.2) is 24.5 Å². The summed E-state index contributed by atoms with van der Waals surface area (Å²) in [4.78, 5) is 4.16. The van der Waals surface area contributed by atoms with Crippen molar-refractivity contribution in [3.8, 4) is 0 Å². The molecule has 0 fully saturated rings. The summed E-state index contributed by atoms with van der Waals surface area (Å²) in [5, 5.41) is 0. The summed E-state index contributed by atoms with van der Waals surface area (Å²) >= 11 is 0. The van der Waals surface area contributed by atoms with Crippen molar-refractivity contribution in [3.63, 3.8) is 0 Å². The molecule has 0 N–H and O–H groups in total. The third kappa shape index (κ3) is 3.17. The Hall–Kier alpha value is -0.850. The summed E-state index contributed by atoms with van der Waals surface area (Å²) < 4.78 is 0. The van der Waals surface area contributed by atoms with Crippen LogP contribution in [0.5, 0.6) is 0 Å². The van der Waals surface area contributed by atoms with E-state index in [1.165, 1.54) is 31.2 Å². The average Bonchev–Trinajstić information content (AvgIpc) is 2.21. The molecule has 0 aliphatic carbocycles. The van der Waals surface area contributed by atoms with Gasteiger partial charge in [0.15, 0.2) is 0 Å². The normalized spacial score (nSPS) is 12.8. The molecule has 1 aromatic rings. The largest absolute Gasteiger partial charge is 0.264 e. The Morgan fingerprint density at radius 2 is 2.23 bits per heavy atom. The van der Waals surface area contributed by atoms with Gasteiger partial charge in [0.1, 0.15) is 0 Å². The third-order valence-corrected chi connectivity index (χ3v) is 2.55. The van der Waals surface area contributed by atoms with Crippen molar-refractivity contribution >= 4 is 0 Å². The highest BCUT2D eigenvalue weighted by Crippen LogP contribution is 2.24. The quantitative estimate of drug-likeness (QED) is 0.667. The lowest BCUT2D eigenvalue weighted by atomic mass is 9.93. The Bertz CT molecular complexity index is 218. The molecule has 72 valence electrons. The van der Waals surface area contributed by atoms with Gasteiger partial charge in [-0.15, -0.1) is 0 Å². The molecule has 1 nitrogen and oxygen atoms in total. The summed E-state index contributed by atoms with van der Waals surface area (Å²) in [6.45, 7) is 4.50. The van der Waals surface area contributed by atoms with E-state index in [4.69, 9.17) is 0 Å². The molecule has 0 saturated carbocycles. The fraction of sp³-hybridized carbons (Fsp3) is 0.583. The maximum absolute atomic E-state index is 4.16. The Morgan fingerprint density at radius 3 is 2.77 bits per heavy atom. The van der Waals surface area contributed by atoms with Crippen LogP contribution in [0.25, 0.3) is 0 Å². The van der Waals surface area contributed by atoms with E-state index in [9.17, 15) is 0 Å². The van der Waals surface area contributed by atoms with Crippen molar-refractivity contribution in [2.75, 3.05) is 0 Å². The van der Waals surface area contributed by atoms with Crippen LogP contribution in [0.3, 0.4) is 0 Å². The van der Waals surface area contributed by atoms with E-state index < -0.39 is 0 Å². The van der Waals surface area contributed by atoms with Crippen LogP contribution in [-0.4, -0.2) is 4.98 Å². The number of nitrogens with zero attached hydrogens (tertiary/aromatic N) is 1. The van der Waals surface area contributed by atoms with Crippen LogP contribution in [0.1, 0.15) is 51.0 Å². The van der Waals surface area contributed by atoms with E-state index in [1.807, 2.05) is 18.5 Å². The van der Waals surface area contributed by atoms with Gasteiger partial charge in [0.2, 0.25) is 0 Å². The first-order chi connectivity index (χ1) is 6.38. The maximum atomic E-state index is 4.16. The average molecular weight is 177 g/mol. The Morgan fingerprint density at radius 1 is 1.38 bits per heavy atom. The van der Waals surface area contributed by atoms with E-state index in [1.54, 1.807) is 0 Å². The van der Waals surface area contributed by atoms with Crippen molar-refractivity contribution in [2.45, 2.75) is 45.4 Å². The van der Waals surface area contributed by atoms with Crippen LogP contribution >= 0.6 is 0 Å². The van der Waals surface area contributed by atoms with Crippen LogP contribution in [0.2, 0.25) is 0 Å². The highest BCUT2D eigenvalue weighted by atomic mass is 14.6.